The second-order valence-corrected chi connectivity index (χ2v) is 5.99. The van der Waals surface area contributed by atoms with Crippen molar-refractivity contribution in [2.45, 2.75) is 18.4 Å². The molecule has 0 aromatic heterocycles. The van der Waals surface area contributed by atoms with Crippen molar-refractivity contribution in [1.29, 1.82) is 0 Å². The highest BCUT2D eigenvalue weighted by Gasteiger charge is 2.11. The van der Waals surface area contributed by atoms with Crippen molar-refractivity contribution in [2.75, 3.05) is 20.1 Å². The van der Waals surface area contributed by atoms with Gasteiger partial charge < -0.3 is 10.6 Å². The smallest absolute Gasteiger partial charge is 0.240 e. The van der Waals surface area contributed by atoms with Crippen molar-refractivity contribution < 1.29 is 8.42 Å². The van der Waals surface area contributed by atoms with E-state index in [1.807, 2.05) is 13.0 Å². The summed E-state index contributed by atoms with van der Waals surface area (Å²) in [5, 5.41) is 6.03. The monoisotopic (exact) mass is 436 g/mol. The Kier molecular flexibility index (Phi) is 9.80. The van der Waals surface area contributed by atoms with E-state index in [-0.39, 0.29) is 28.9 Å². The van der Waals surface area contributed by atoms with E-state index in [2.05, 4.69) is 26.3 Å². The topological polar surface area (TPSA) is 82.6 Å². The number of hydrogen-bond acceptors (Lipinski definition) is 3. The lowest BCUT2D eigenvalue weighted by Gasteiger charge is -2.09. The first-order chi connectivity index (χ1) is 10.0. The third kappa shape index (κ3) is 6.64. The van der Waals surface area contributed by atoms with Crippen molar-refractivity contribution in [3.8, 4) is 12.3 Å². The number of benzene rings is 1. The molecule has 0 spiro atoms. The van der Waals surface area contributed by atoms with E-state index in [0.29, 0.717) is 25.6 Å². The van der Waals surface area contributed by atoms with E-state index < -0.39 is 10.0 Å². The van der Waals surface area contributed by atoms with Crippen LogP contribution in [-0.4, -0.2) is 34.5 Å². The Bertz CT molecular complexity index is 638. The maximum absolute atomic E-state index is 11.7. The van der Waals surface area contributed by atoms with E-state index >= 15 is 0 Å². The number of nitrogens with zero attached hydrogens (tertiary/aromatic N) is 1. The molecule has 0 unspecified atom stereocenters. The van der Waals surface area contributed by atoms with Crippen LogP contribution in [0.15, 0.2) is 34.2 Å². The zero-order chi connectivity index (χ0) is 15.7. The molecule has 0 atom stereocenters. The Morgan fingerprint density at radius 1 is 1.36 bits per heavy atom. The lowest BCUT2D eigenvalue weighted by Crippen LogP contribution is -2.37. The van der Waals surface area contributed by atoms with Crippen LogP contribution in [0.1, 0.15) is 12.5 Å². The first-order valence-electron chi connectivity index (χ1n) is 6.51. The van der Waals surface area contributed by atoms with Crippen molar-refractivity contribution in [3.63, 3.8) is 0 Å². The van der Waals surface area contributed by atoms with Crippen molar-refractivity contribution >= 4 is 40.0 Å². The molecule has 1 rings (SSSR count). The summed E-state index contributed by atoms with van der Waals surface area (Å²) >= 11 is 0. The zero-order valence-corrected chi connectivity index (χ0v) is 15.7. The fourth-order valence-corrected chi connectivity index (χ4v) is 2.38. The molecule has 6 nitrogen and oxygen atoms in total. The van der Waals surface area contributed by atoms with Crippen LogP contribution in [0.2, 0.25) is 0 Å². The largest absolute Gasteiger partial charge is 0.357 e. The molecule has 0 saturated carbocycles. The molecule has 0 aliphatic carbocycles. The molecule has 0 saturated heterocycles. The van der Waals surface area contributed by atoms with E-state index in [0.717, 1.165) is 5.56 Å². The Balaban J connectivity index is 0.00000441. The molecule has 0 aliphatic rings. The SMILES string of the molecule is C#CCNC(=NCc1cccc(S(=O)(=O)NC)c1)NCC.I. The lowest BCUT2D eigenvalue weighted by atomic mass is 10.2. The number of guanidine groups is 1. The number of sulfonamides is 1. The second kappa shape index (κ2) is 10.4. The summed E-state index contributed by atoms with van der Waals surface area (Å²) in [6, 6.07) is 6.65. The van der Waals surface area contributed by atoms with Gasteiger partial charge in [0.2, 0.25) is 10.0 Å². The maximum Gasteiger partial charge on any atom is 0.240 e. The van der Waals surface area contributed by atoms with Crippen molar-refractivity contribution in [1.82, 2.24) is 15.4 Å². The van der Waals surface area contributed by atoms with Crippen LogP contribution in [0.5, 0.6) is 0 Å². The van der Waals surface area contributed by atoms with Gasteiger partial charge >= 0.3 is 0 Å². The van der Waals surface area contributed by atoms with Gasteiger partial charge in [0, 0.05) is 6.54 Å². The standard InChI is InChI=1S/C14H20N4O2S.HI/c1-4-9-17-14(16-5-2)18-11-12-7-6-8-13(10-12)21(19,20)15-3;/h1,6-8,10,15H,5,9,11H2,2-3H3,(H2,16,17,18);1H. The molecule has 122 valence electrons. The fourth-order valence-electron chi connectivity index (χ4n) is 1.58. The molecular formula is C14H21IN4O2S. The molecular weight excluding hydrogens is 415 g/mol. The summed E-state index contributed by atoms with van der Waals surface area (Å²) < 4.78 is 25.8. The molecule has 8 heteroatoms. The average Bonchev–Trinajstić information content (AvgIpc) is 2.50. The summed E-state index contributed by atoms with van der Waals surface area (Å²) in [6.45, 7) is 3.39. The molecule has 0 bridgehead atoms. The molecule has 0 aliphatic heterocycles. The number of terminal acetylenes is 1. The minimum atomic E-state index is -3.44. The van der Waals surface area contributed by atoms with Gasteiger partial charge in [0.15, 0.2) is 5.96 Å². The maximum atomic E-state index is 11.7. The summed E-state index contributed by atoms with van der Waals surface area (Å²) in [7, 11) is -2.06. The van der Waals surface area contributed by atoms with Gasteiger partial charge in [-0.15, -0.1) is 30.4 Å². The van der Waals surface area contributed by atoms with Gasteiger partial charge in [-0.05, 0) is 31.7 Å². The summed E-state index contributed by atoms with van der Waals surface area (Å²) in [5.41, 5.74) is 0.796. The van der Waals surface area contributed by atoms with Gasteiger partial charge in [-0.2, -0.15) is 0 Å². The first-order valence-corrected chi connectivity index (χ1v) is 8.00. The number of nitrogens with one attached hydrogen (secondary N) is 3. The predicted octanol–water partition coefficient (Wildman–Crippen LogP) is 0.901. The van der Waals surface area contributed by atoms with E-state index in [4.69, 9.17) is 6.42 Å². The first kappa shape index (κ1) is 20.7. The third-order valence-electron chi connectivity index (χ3n) is 2.60. The van der Waals surface area contributed by atoms with Crippen LogP contribution in [0, 0.1) is 12.3 Å². The molecule has 1 aromatic rings. The highest BCUT2D eigenvalue weighted by molar-refractivity contribution is 14.0. The van der Waals surface area contributed by atoms with Gasteiger partial charge in [0.1, 0.15) is 0 Å². The van der Waals surface area contributed by atoms with Crippen LogP contribution in [0.25, 0.3) is 0 Å². The van der Waals surface area contributed by atoms with Gasteiger partial charge in [-0.1, -0.05) is 18.1 Å². The normalized spacial score (nSPS) is 11.2. The number of hydrogen-bond donors (Lipinski definition) is 3. The number of aliphatic imine (C=N–C) groups is 1. The Labute approximate surface area is 149 Å². The molecule has 0 radical (unpaired) electrons. The number of rotatable bonds is 6. The molecule has 22 heavy (non-hydrogen) atoms. The average molecular weight is 436 g/mol. The van der Waals surface area contributed by atoms with E-state index in [1.165, 1.54) is 7.05 Å². The quantitative estimate of drug-likeness (QED) is 0.268. The highest BCUT2D eigenvalue weighted by atomic mass is 127. The highest BCUT2D eigenvalue weighted by Crippen LogP contribution is 2.11. The number of halogens is 1. The van der Waals surface area contributed by atoms with Crippen LogP contribution in [0.3, 0.4) is 0 Å². The summed E-state index contributed by atoms with van der Waals surface area (Å²) in [6.07, 6.45) is 5.19. The fraction of sp³-hybridized carbons (Fsp3) is 0.357. The lowest BCUT2D eigenvalue weighted by molar-refractivity contribution is 0.588. The molecule has 0 heterocycles. The minimum absolute atomic E-state index is 0. The second-order valence-electron chi connectivity index (χ2n) is 4.11. The Morgan fingerprint density at radius 3 is 2.68 bits per heavy atom. The van der Waals surface area contributed by atoms with Crippen LogP contribution in [0.4, 0.5) is 0 Å². The van der Waals surface area contributed by atoms with Gasteiger partial charge in [-0.3, -0.25) is 0 Å². The van der Waals surface area contributed by atoms with Gasteiger partial charge in [0.25, 0.3) is 0 Å². The van der Waals surface area contributed by atoms with Crippen LogP contribution in [-0.2, 0) is 16.6 Å². The predicted molar refractivity (Wildman–Crippen MR) is 99.8 cm³/mol. The van der Waals surface area contributed by atoms with E-state index in [1.54, 1.807) is 18.2 Å². The molecule has 0 amide bonds. The summed E-state index contributed by atoms with van der Waals surface area (Å²) in [4.78, 5) is 4.58. The van der Waals surface area contributed by atoms with Crippen molar-refractivity contribution in [3.05, 3.63) is 29.8 Å². The van der Waals surface area contributed by atoms with Crippen LogP contribution < -0.4 is 15.4 Å². The Hall–Kier alpha value is -1.31. The minimum Gasteiger partial charge on any atom is -0.357 e. The molecule has 1 aromatic carbocycles. The molecule has 0 fully saturated rings. The summed E-state index contributed by atoms with van der Waals surface area (Å²) in [5.74, 6) is 3.07. The van der Waals surface area contributed by atoms with Crippen LogP contribution >= 0.6 is 24.0 Å². The van der Waals surface area contributed by atoms with Gasteiger partial charge in [0.05, 0.1) is 18.0 Å². The van der Waals surface area contributed by atoms with Gasteiger partial charge in [-0.25, -0.2) is 18.1 Å². The Morgan fingerprint density at radius 2 is 2.09 bits per heavy atom. The third-order valence-corrected chi connectivity index (χ3v) is 4.01. The zero-order valence-electron chi connectivity index (χ0n) is 12.6. The van der Waals surface area contributed by atoms with Crippen molar-refractivity contribution in [2.24, 2.45) is 4.99 Å². The molecule has 3 N–H and O–H groups in total. The van der Waals surface area contributed by atoms with E-state index in [9.17, 15) is 8.42 Å².